The zero-order valence-corrected chi connectivity index (χ0v) is 25.0. The molecule has 7 rings (SSSR count). The van der Waals surface area contributed by atoms with Gasteiger partial charge in [-0.2, -0.15) is 0 Å². The largest absolute Gasteiger partial charge is 0.486 e. The van der Waals surface area contributed by atoms with Crippen molar-refractivity contribution in [2.75, 3.05) is 18.5 Å². The summed E-state index contributed by atoms with van der Waals surface area (Å²) in [5.41, 5.74) is -0.691. The van der Waals surface area contributed by atoms with E-state index in [-0.39, 0.29) is 36.9 Å². The molecule has 0 radical (unpaired) electrons. The summed E-state index contributed by atoms with van der Waals surface area (Å²) >= 11 is 6.03. The van der Waals surface area contributed by atoms with Crippen molar-refractivity contribution in [1.82, 2.24) is 10.2 Å². The fourth-order valence-electron chi connectivity index (χ4n) is 7.64. The summed E-state index contributed by atoms with van der Waals surface area (Å²) in [4.78, 5) is 43.9. The Morgan fingerprint density at radius 2 is 1.81 bits per heavy atom. The Kier molecular flexibility index (Phi) is 7.13. The van der Waals surface area contributed by atoms with E-state index in [1.54, 1.807) is 29.2 Å². The predicted molar refractivity (Wildman–Crippen MR) is 160 cm³/mol. The van der Waals surface area contributed by atoms with E-state index in [1.807, 2.05) is 36.4 Å². The number of benzene rings is 2. The van der Waals surface area contributed by atoms with Crippen molar-refractivity contribution < 1.29 is 28.6 Å². The number of hydrogen-bond acceptors (Lipinski definition) is 6. The monoisotopic (exact) mass is 605 g/mol. The molecule has 4 heterocycles. The number of anilines is 1. The minimum absolute atomic E-state index is 0.00336. The first-order valence-electron chi connectivity index (χ1n) is 15.2. The molecule has 10 heteroatoms. The zero-order chi connectivity index (χ0) is 29.9. The number of carbonyl (C=O) groups excluding carboxylic acids is 3. The smallest absolute Gasteiger partial charge is 0.246 e. The van der Waals surface area contributed by atoms with Gasteiger partial charge in [-0.05, 0) is 54.7 Å². The van der Waals surface area contributed by atoms with Crippen LogP contribution in [0.25, 0.3) is 0 Å². The number of fused-ring (bicyclic) bond motifs is 2. The molecule has 2 N–H and O–H groups in total. The third-order valence-electron chi connectivity index (χ3n) is 10.0. The van der Waals surface area contributed by atoms with E-state index in [9.17, 15) is 14.4 Å². The van der Waals surface area contributed by atoms with Crippen LogP contribution in [0.2, 0.25) is 5.02 Å². The van der Waals surface area contributed by atoms with Gasteiger partial charge in [0.2, 0.25) is 17.7 Å². The standard InChI is InChI=1S/C33H36ClN3O6/c1-18-6-5-7-23(19(18)2)36-31(39)29-33-15-14-26(43-33)27(30(38)35-21-12-10-20(34)11-13-21)28(33)32(40)37(29)16-22-17-41-24-8-3-4-9-25(24)42-22/h3-4,8-15,18-19,22-23,26-29H,5-7,16-17H2,1-2H3,(H,35,38)(H,36,39). The SMILES string of the molecule is CC1CCCC(NC(=O)C2N(CC3COc4ccccc4O3)C(=O)C3C(C(=O)Nc4ccc(Cl)cc4)C4C=CC32O4)C1C. The normalized spacial score (nSPS) is 35.5. The molecule has 1 spiro atoms. The molecule has 9 atom stereocenters. The molecule has 2 aromatic carbocycles. The number of nitrogens with zero attached hydrogens (tertiary/aromatic N) is 1. The third-order valence-corrected chi connectivity index (χ3v) is 10.3. The van der Waals surface area contributed by atoms with Gasteiger partial charge in [-0.25, -0.2) is 0 Å². The molecule has 4 aliphatic heterocycles. The number of hydrogen-bond donors (Lipinski definition) is 2. The van der Waals surface area contributed by atoms with Gasteiger partial charge < -0.3 is 29.7 Å². The highest BCUT2D eigenvalue weighted by Gasteiger charge is 2.73. The van der Waals surface area contributed by atoms with Gasteiger partial charge in [-0.3, -0.25) is 14.4 Å². The Balaban J connectivity index is 1.19. The Morgan fingerprint density at radius 3 is 2.60 bits per heavy atom. The van der Waals surface area contributed by atoms with E-state index in [2.05, 4.69) is 24.5 Å². The van der Waals surface area contributed by atoms with Gasteiger partial charge in [0.05, 0.1) is 24.5 Å². The van der Waals surface area contributed by atoms with Gasteiger partial charge in [-0.1, -0.05) is 62.6 Å². The van der Waals surface area contributed by atoms with Crippen molar-refractivity contribution in [2.24, 2.45) is 23.7 Å². The van der Waals surface area contributed by atoms with E-state index in [0.29, 0.717) is 34.0 Å². The Labute approximate surface area is 255 Å². The number of halogens is 1. The van der Waals surface area contributed by atoms with Crippen molar-refractivity contribution in [3.63, 3.8) is 0 Å². The Hall–Kier alpha value is -3.56. The summed E-state index contributed by atoms with van der Waals surface area (Å²) < 4.78 is 18.6. The predicted octanol–water partition coefficient (Wildman–Crippen LogP) is 4.21. The van der Waals surface area contributed by atoms with E-state index in [0.717, 1.165) is 19.3 Å². The third kappa shape index (κ3) is 4.77. The van der Waals surface area contributed by atoms with Crippen molar-refractivity contribution >= 4 is 35.0 Å². The average Bonchev–Trinajstić information content (AvgIpc) is 3.64. The van der Waals surface area contributed by atoms with E-state index < -0.39 is 35.7 Å². The molecule has 226 valence electrons. The molecule has 2 aromatic rings. The molecule has 43 heavy (non-hydrogen) atoms. The van der Waals surface area contributed by atoms with Gasteiger partial charge >= 0.3 is 0 Å². The first kappa shape index (κ1) is 28.2. The Bertz CT molecular complexity index is 1460. The lowest BCUT2D eigenvalue weighted by Gasteiger charge is -2.38. The maximum Gasteiger partial charge on any atom is 0.246 e. The zero-order valence-electron chi connectivity index (χ0n) is 24.2. The molecule has 2 saturated heterocycles. The second kappa shape index (κ2) is 10.9. The van der Waals surface area contributed by atoms with E-state index >= 15 is 0 Å². The molecule has 0 aromatic heterocycles. The quantitative estimate of drug-likeness (QED) is 0.478. The second-order valence-electron chi connectivity index (χ2n) is 12.6. The average molecular weight is 606 g/mol. The lowest BCUT2D eigenvalue weighted by molar-refractivity contribution is -0.143. The summed E-state index contributed by atoms with van der Waals surface area (Å²) in [6, 6.07) is 13.2. The highest BCUT2D eigenvalue weighted by Crippen LogP contribution is 2.55. The summed E-state index contributed by atoms with van der Waals surface area (Å²) in [5.74, 6) is -0.530. The molecular weight excluding hydrogens is 570 g/mol. The molecule has 9 unspecified atom stereocenters. The topological polar surface area (TPSA) is 106 Å². The number of para-hydroxylation sites is 2. The summed E-state index contributed by atoms with van der Waals surface area (Å²) in [7, 11) is 0. The van der Waals surface area contributed by atoms with Gasteiger partial charge in [0.1, 0.15) is 18.2 Å². The lowest BCUT2D eigenvalue weighted by Crippen LogP contribution is -2.59. The van der Waals surface area contributed by atoms with Crippen LogP contribution in [0.1, 0.15) is 33.1 Å². The van der Waals surface area contributed by atoms with E-state index in [4.69, 9.17) is 25.8 Å². The van der Waals surface area contributed by atoms with Crippen LogP contribution in [0.5, 0.6) is 11.5 Å². The Morgan fingerprint density at radius 1 is 1.05 bits per heavy atom. The van der Waals surface area contributed by atoms with Gasteiger partial charge in [-0.15, -0.1) is 0 Å². The number of rotatable bonds is 6. The molecule has 3 amide bonds. The van der Waals surface area contributed by atoms with Crippen LogP contribution < -0.4 is 20.1 Å². The molecule has 1 saturated carbocycles. The number of ether oxygens (including phenoxy) is 3. The van der Waals surface area contributed by atoms with Gasteiger partial charge in [0.15, 0.2) is 17.6 Å². The van der Waals surface area contributed by atoms with Crippen LogP contribution in [0.3, 0.4) is 0 Å². The maximum atomic E-state index is 14.4. The lowest BCUT2D eigenvalue weighted by atomic mass is 9.73. The van der Waals surface area contributed by atoms with Crippen molar-refractivity contribution in [3.05, 3.63) is 65.7 Å². The van der Waals surface area contributed by atoms with Crippen LogP contribution >= 0.6 is 11.6 Å². The van der Waals surface area contributed by atoms with Crippen LogP contribution in [-0.2, 0) is 19.1 Å². The van der Waals surface area contributed by atoms with E-state index in [1.165, 1.54) is 0 Å². The molecule has 3 fully saturated rings. The minimum Gasteiger partial charge on any atom is -0.486 e. The molecule has 9 nitrogen and oxygen atoms in total. The van der Waals surface area contributed by atoms with Crippen molar-refractivity contribution in [3.8, 4) is 11.5 Å². The van der Waals surface area contributed by atoms with Crippen LogP contribution in [0.15, 0.2) is 60.7 Å². The summed E-state index contributed by atoms with van der Waals surface area (Å²) in [5, 5.41) is 6.77. The first-order valence-corrected chi connectivity index (χ1v) is 15.6. The van der Waals surface area contributed by atoms with Gasteiger partial charge in [0, 0.05) is 16.8 Å². The molecule has 5 aliphatic rings. The highest BCUT2D eigenvalue weighted by molar-refractivity contribution is 6.30. The van der Waals surface area contributed by atoms with Crippen LogP contribution in [-0.4, -0.2) is 65.7 Å². The molecule has 1 aliphatic carbocycles. The number of nitrogens with one attached hydrogen (secondary N) is 2. The molecular formula is C33H36ClN3O6. The number of carbonyl (C=O) groups is 3. The van der Waals surface area contributed by atoms with Crippen LogP contribution in [0, 0.1) is 23.7 Å². The van der Waals surface area contributed by atoms with Crippen molar-refractivity contribution in [1.29, 1.82) is 0 Å². The fourth-order valence-corrected chi connectivity index (χ4v) is 7.77. The summed E-state index contributed by atoms with van der Waals surface area (Å²) in [6.07, 6.45) is 5.59. The minimum atomic E-state index is -1.26. The number of amides is 3. The maximum absolute atomic E-state index is 14.4. The molecule has 2 bridgehead atoms. The first-order chi connectivity index (χ1) is 20.7. The summed E-state index contributed by atoms with van der Waals surface area (Å²) in [6.45, 7) is 4.74. The van der Waals surface area contributed by atoms with Crippen molar-refractivity contribution in [2.45, 2.75) is 63.0 Å². The highest BCUT2D eigenvalue weighted by atomic mass is 35.5. The second-order valence-corrected chi connectivity index (χ2v) is 13.0. The fraction of sp³-hybridized carbons (Fsp3) is 0.485. The van der Waals surface area contributed by atoms with Gasteiger partial charge in [0.25, 0.3) is 0 Å². The number of likely N-dealkylation sites (tertiary alicyclic amines) is 1. The van der Waals surface area contributed by atoms with Crippen LogP contribution in [0.4, 0.5) is 5.69 Å².